The van der Waals surface area contributed by atoms with Gasteiger partial charge < -0.3 is 63.0 Å². The van der Waals surface area contributed by atoms with Crippen LogP contribution in [0, 0.1) is 42.9 Å². The number of nitrogens with zero attached hydrogens (tertiary/aromatic N) is 10. The van der Waals surface area contributed by atoms with Crippen LogP contribution in [-0.2, 0) is 24.0 Å². The number of hydrogen-bond donors (Lipinski definition) is 10. The van der Waals surface area contributed by atoms with Crippen molar-refractivity contribution in [2.24, 2.45) is 34.2 Å². The molecular weight excluding hydrogens is 1310 g/mol. The van der Waals surface area contributed by atoms with Crippen molar-refractivity contribution in [2.75, 3.05) is 55.2 Å². The van der Waals surface area contributed by atoms with Crippen molar-refractivity contribution in [1.82, 2.24) is 40.3 Å². The number of amidine groups is 1. The molecule has 3 aliphatic heterocycles. The molecule has 3 saturated heterocycles. The second-order valence-corrected chi connectivity index (χ2v) is 23.6. The van der Waals surface area contributed by atoms with E-state index in [0.717, 1.165) is 36.8 Å². The molecule has 10 rings (SSSR count). The summed E-state index contributed by atoms with van der Waals surface area (Å²) in [5.74, 6) is -3.42. The highest BCUT2D eigenvalue weighted by atomic mass is 16.4. The first-order valence-electron chi connectivity index (χ1n) is 32.9. The van der Waals surface area contributed by atoms with Crippen molar-refractivity contribution in [3.05, 3.63) is 227 Å². The molecule has 0 spiro atoms. The van der Waals surface area contributed by atoms with Crippen molar-refractivity contribution in [3.8, 4) is 0 Å². The van der Waals surface area contributed by atoms with Gasteiger partial charge in [-0.3, -0.25) is 39.5 Å². The molecule has 0 saturated carbocycles. The lowest BCUT2D eigenvalue weighted by atomic mass is 9.96. The molecule has 12 N–H and O–H groups in total. The lowest BCUT2D eigenvalue weighted by Gasteiger charge is -2.33. The van der Waals surface area contributed by atoms with E-state index in [-0.39, 0.29) is 80.7 Å². The first kappa shape index (κ1) is 81.0. The molecule has 28 nitrogen and oxygen atoms in total. The number of aromatic nitrogens is 3. The van der Waals surface area contributed by atoms with Gasteiger partial charge in [0, 0.05) is 105 Å². The zero-order valence-corrected chi connectivity index (χ0v) is 56.5. The molecule has 0 radical (unpaired) electrons. The van der Waals surface area contributed by atoms with Gasteiger partial charge in [0.25, 0.3) is 0 Å². The maximum absolute atomic E-state index is 12.9. The summed E-state index contributed by atoms with van der Waals surface area (Å²) in [5.41, 5.74) is 18.3. The van der Waals surface area contributed by atoms with Gasteiger partial charge >= 0.3 is 30.0 Å². The fourth-order valence-corrected chi connectivity index (χ4v) is 10.8. The van der Waals surface area contributed by atoms with Crippen LogP contribution < -0.4 is 38.1 Å². The summed E-state index contributed by atoms with van der Waals surface area (Å²) in [7, 11) is 0. The molecule has 6 unspecified atom stereocenters. The van der Waals surface area contributed by atoms with Crippen molar-refractivity contribution < 1.29 is 48.6 Å². The van der Waals surface area contributed by atoms with Crippen LogP contribution in [0.4, 0.5) is 54.2 Å². The number of carbonyl (C=O) groups excluding carboxylic acids is 6. The predicted octanol–water partition coefficient (Wildman–Crippen LogP) is 13.0. The number of likely N-dealkylation sites (tertiary alicyclic amines) is 3. The highest BCUT2D eigenvalue weighted by Gasteiger charge is 2.33. The van der Waals surface area contributed by atoms with Gasteiger partial charge in [-0.2, -0.15) is 4.99 Å². The number of carboxylic acid groups (broad SMARTS) is 2. The van der Waals surface area contributed by atoms with Crippen LogP contribution in [0.3, 0.4) is 0 Å². The fraction of sp³-hybridized carbons (Fsp3) is 0.320. The van der Waals surface area contributed by atoms with E-state index in [9.17, 15) is 43.5 Å². The van der Waals surface area contributed by atoms with Gasteiger partial charge in [0.2, 0.25) is 17.9 Å². The number of nitrogens with one attached hydrogen (secondary N) is 6. The van der Waals surface area contributed by atoms with Gasteiger partial charge in [-0.15, -0.1) is 0 Å². The summed E-state index contributed by atoms with van der Waals surface area (Å²) in [6.07, 6.45) is 17.2. The van der Waals surface area contributed by atoms with E-state index in [1.54, 1.807) is 144 Å². The molecule has 8 amide bonds. The molecule has 4 aromatic carbocycles. The van der Waals surface area contributed by atoms with Crippen LogP contribution in [0.2, 0.25) is 0 Å². The van der Waals surface area contributed by atoms with Crippen LogP contribution in [0.1, 0.15) is 119 Å². The van der Waals surface area contributed by atoms with Crippen LogP contribution in [0.15, 0.2) is 176 Å². The zero-order chi connectivity index (χ0) is 73.8. The van der Waals surface area contributed by atoms with Gasteiger partial charge in [-0.1, -0.05) is 75.9 Å². The standard InChI is InChI=1S/C22H26N6O4.C22H25N5O2.C14H15N3O3.C8H4N2O.C8H12N2.CH4/c23-20(24)14-5-7-17(8-6-14)26-22(32)28-10-2-4-16(13-28)21(31)27-18(11-19(29)30)15-3-1-9-25-12-15;1-3-20(16-6-4-12-24-14-16)26-21(28)17-7-5-13-27(15-17)22(29)25-19-10-8-18(23-2)9-11-19;1-15-11-4-6-12(7-5-11)16-14(20)17-8-2-3-10(9-17)13(18)19;1-9-7-2-4-8(5-3-7)10-6-11;1-2-8(9)7-4-3-5-10-6-7;/h1,3,5-9,12,16,18H,2,4,10-11,13H2,(H3,23,24)(H,26,32)(H,27,31)(H,29,30);4,6,8-12,14,17,20H,3,5,7,13,15H2,1H3,(H,25,29)(H,26,28);4-7,10H,2-3,8-9H2,(H,16,20)(H,18,19);2-5H;3-6,8H,2,9H2,1H3;1H4. The molecule has 3 aliphatic rings. The Kier molecular flexibility index (Phi) is 33.8. The molecule has 28 heteroatoms. The number of amides is 8. The molecule has 3 fully saturated rings. The number of nitrogen functional groups attached to an aromatic ring is 1. The summed E-state index contributed by atoms with van der Waals surface area (Å²) >= 11 is 0. The summed E-state index contributed by atoms with van der Waals surface area (Å²) < 4.78 is 0. The highest BCUT2D eigenvalue weighted by Crippen LogP contribution is 2.26. The van der Waals surface area contributed by atoms with Gasteiger partial charge in [0.1, 0.15) is 5.84 Å². The number of anilines is 3. The molecule has 103 heavy (non-hydrogen) atoms. The second-order valence-electron chi connectivity index (χ2n) is 23.6. The zero-order valence-electron chi connectivity index (χ0n) is 56.5. The van der Waals surface area contributed by atoms with E-state index < -0.39 is 29.8 Å². The maximum Gasteiger partial charge on any atom is 0.321 e. The number of carbonyl (C=O) groups is 7. The predicted molar refractivity (Wildman–Crippen MR) is 392 cm³/mol. The van der Waals surface area contributed by atoms with E-state index in [1.807, 2.05) is 37.4 Å². The van der Waals surface area contributed by atoms with E-state index in [0.29, 0.717) is 103 Å². The lowest BCUT2D eigenvalue weighted by molar-refractivity contribution is -0.143. The summed E-state index contributed by atoms with van der Waals surface area (Å²) in [4.78, 5) is 125. The van der Waals surface area contributed by atoms with Crippen molar-refractivity contribution in [1.29, 1.82) is 5.41 Å². The number of pyridine rings is 3. The van der Waals surface area contributed by atoms with Crippen molar-refractivity contribution in [2.45, 2.75) is 97.2 Å². The number of aliphatic carboxylic acids is 2. The number of piperidine rings is 3. The number of nitrogens with two attached hydrogens (primary N) is 2. The Morgan fingerprint density at radius 1 is 0.563 bits per heavy atom. The topological polar surface area (TPSA) is 387 Å². The fourth-order valence-electron chi connectivity index (χ4n) is 10.8. The first-order valence-corrected chi connectivity index (χ1v) is 32.9. The maximum atomic E-state index is 12.9. The lowest BCUT2D eigenvalue weighted by Crippen LogP contribution is -2.47. The second kappa shape index (κ2) is 43.0. The van der Waals surface area contributed by atoms with E-state index in [4.69, 9.17) is 41.7 Å². The highest BCUT2D eigenvalue weighted by molar-refractivity contribution is 5.96. The monoisotopic (exact) mass is 1400 g/mol. The Morgan fingerprint density at radius 3 is 1.28 bits per heavy atom. The van der Waals surface area contributed by atoms with Crippen molar-refractivity contribution in [3.63, 3.8) is 0 Å². The summed E-state index contributed by atoms with van der Waals surface area (Å²) in [6, 6.07) is 36.0. The minimum atomic E-state index is -1.03. The minimum absolute atomic E-state index is 0. The van der Waals surface area contributed by atoms with E-state index in [2.05, 4.69) is 68.0 Å². The third kappa shape index (κ3) is 27.2. The molecule has 6 heterocycles. The Labute approximate surface area is 599 Å². The van der Waals surface area contributed by atoms with Gasteiger partial charge in [0.05, 0.1) is 61.7 Å². The van der Waals surface area contributed by atoms with Crippen LogP contribution >= 0.6 is 0 Å². The minimum Gasteiger partial charge on any atom is -0.481 e. The smallest absolute Gasteiger partial charge is 0.321 e. The van der Waals surface area contributed by atoms with Crippen LogP contribution in [-0.4, -0.2) is 133 Å². The van der Waals surface area contributed by atoms with E-state index in [1.165, 1.54) is 17.2 Å². The normalized spacial score (nSPS) is 15.6. The molecule has 7 aromatic rings. The molecule has 0 bridgehead atoms. The van der Waals surface area contributed by atoms with Gasteiger partial charge in [-0.25, -0.2) is 33.7 Å². The molecule has 6 atom stereocenters. The number of isocyanates is 1. The molecular formula is C75H86N18O10. The Bertz CT molecular complexity index is 4080. The molecule has 3 aromatic heterocycles. The average Bonchev–Trinajstić information content (AvgIpc) is 0.851. The molecule has 536 valence electrons. The van der Waals surface area contributed by atoms with Crippen LogP contribution in [0.25, 0.3) is 14.5 Å². The van der Waals surface area contributed by atoms with Gasteiger partial charge in [0.15, 0.2) is 17.1 Å². The third-order valence-electron chi connectivity index (χ3n) is 16.5. The number of urea groups is 3. The van der Waals surface area contributed by atoms with Crippen molar-refractivity contribution >= 4 is 93.6 Å². The number of hydrogen-bond acceptors (Lipinski definition) is 14. The summed E-state index contributed by atoms with van der Waals surface area (Å²) in [6.45, 7) is 27.1. The molecule has 0 aliphatic carbocycles. The number of rotatable bonds is 17. The average molecular weight is 1400 g/mol. The number of carboxylic acids is 2. The number of benzene rings is 4. The Hall–Kier alpha value is -12.7. The Balaban J connectivity index is 0.000000246. The Morgan fingerprint density at radius 2 is 0.932 bits per heavy atom. The SMILES string of the molecule is C.CCC(N)c1cccnc1.N=C(N)c1ccc(NC(=O)N2CCCC(C(=O)NC(CC(=O)O)c3cccnc3)C2)cc1.[C-]#[N+]c1ccc(N=C=O)cc1.[C-]#[N+]c1ccc(NC(=O)N2CCCC(C(=O)NC(CC)c3cccnc3)C2)cc1.[C-]#[N+]c1ccc(NC(=O)N2CCCC(C(=O)O)C2)cc1. The third-order valence-corrected chi connectivity index (χ3v) is 16.5. The number of aliphatic imine (C=N–C) groups is 1. The van der Waals surface area contributed by atoms with Crippen LogP contribution in [0.5, 0.6) is 0 Å². The largest absolute Gasteiger partial charge is 0.481 e. The van der Waals surface area contributed by atoms with Gasteiger partial charge in [-0.05, 0) is 147 Å². The quantitative estimate of drug-likeness (QED) is 0.0175. The summed E-state index contributed by atoms with van der Waals surface area (Å²) in [5, 5.41) is 39.9. The van der Waals surface area contributed by atoms with E-state index >= 15 is 0 Å². The first-order chi connectivity index (χ1) is 49.2.